The van der Waals surface area contributed by atoms with Gasteiger partial charge in [-0.3, -0.25) is 23.7 Å². The van der Waals surface area contributed by atoms with Gasteiger partial charge in [0.25, 0.3) is 11.5 Å². The van der Waals surface area contributed by atoms with Gasteiger partial charge in [-0.15, -0.1) is 0 Å². The van der Waals surface area contributed by atoms with Crippen molar-refractivity contribution in [3.05, 3.63) is 64.3 Å². The summed E-state index contributed by atoms with van der Waals surface area (Å²) in [4.78, 5) is 41.1. The van der Waals surface area contributed by atoms with E-state index in [2.05, 4.69) is 25.8 Å². The number of rotatable bonds is 10. The van der Waals surface area contributed by atoms with E-state index in [1.807, 2.05) is 13.8 Å². The van der Waals surface area contributed by atoms with Crippen LogP contribution in [0.2, 0.25) is 0 Å². The van der Waals surface area contributed by atoms with Crippen molar-refractivity contribution in [1.29, 1.82) is 0 Å². The monoisotopic (exact) mass is 495 g/mol. The van der Waals surface area contributed by atoms with E-state index >= 15 is 0 Å². The molecule has 2 amide bonds. The third-order valence-electron chi connectivity index (χ3n) is 6.91. The molecule has 3 aromatic rings. The maximum atomic E-state index is 14.0. The minimum absolute atomic E-state index is 0.00298. The van der Waals surface area contributed by atoms with E-state index in [0.29, 0.717) is 23.2 Å². The topological polar surface area (TPSA) is 127 Å². The molecular formula is C25H30FN7O3. The van der Waals surface area contributed by atoms with Crippen molar-refractivity contribution in [2.75, 3.05) is 5.32 Å². The maximum absolute atomic E-state index is 14.0. The number of aromatic amines is 1. The van der Waals surface area contributed by atoms with Crippen LogP contribution in [0.5, 0.6) is 0 Å². The summed E-state index contributed by atoms with van der Waals surface area (Å²) in [6, 6.07) is 2.13. The Labute approximate surface area is 207 Å². The molecule has 5 rings (SSSR count). The Morgan fingerprint density at radius 3 is 2.53 bits per heavy atom. The Bertz CT molecular complexity index is 1310. The predicted molar refractivity (Wildman–Crippen MR) is 130 cm³/mol. The van der Waals surface area contributed by atoms with Crippen molar-refractivity contribution < 1.29 is 14.0 Å². The number of halogens is 1. The predicted octanol–water partition coefficient (Wildman–Crippen LogP) is 2.71. The Balaban J connectivity index is 1.34. The summed E-state index contributed by atoms with van der Waals surface area (Å²) in [6.45, 7) is 3.81. The highest BCUT2D eigenvalue weighted by Crippen LogP contribution is 2.50. The molecule has 0 unspecified atom stereocenters. The number of amides is 2. The quantitative estimate of drug-likeness (QED) is 0.399. The zero-order chi connectivity index (χ0) is 25.4. The first-order valence-corrected chi connectivity index (χ1v) is 12.4. The first-order chi connectivity index (χ1) is 17.3. The van der Waals surface area contributed by atoms with Crippen molar-refractivity contribution in [3.63, 3.8) is 0 Å². The van der Waals surface area contributed by atoms with Crippen LogP contribution in [0.3, 0.4) is 0 Å². The average Bonchev–Trinajstić information content (AvgIpc) is 3.76. The lowest BCUT2D eigenvalue weighted by Gasteiger charge is -2.27. The second-order valence-corrected chi connectivity index (χ2v) is 10.0. The summed E-state index contributed by atoms with van der Waals surface area (Å²) >= 11 is 0. The van der Waals surface area contributed by atoms with Crippen LogP contribution in [0.1, 0.15) is 61.6 Å². The Hall–Kier alpha value is -3.76. The molecule has 3 aromatic heterocycles. The SMILES string of the molecule is CC(C)n1nccc1C(=O)N[C@H](C(=O)Nc1cnn(Cc2c(F)cc[nH]c2=O)c1)C(C1CC1)C1CC1. The summed E-state index contributed by atoms with van der Waals surface area (Å²) in [5.74, 6) is -0.373. The van der Waals surface area contributed by atoms with Gasteiger partial charge < -0.3 is 15.6 Å². The van der Waals surface area contributed by atoms with Crippen LogP contribution in [-0.2, 0) is 11.3 Å². The fourth-order valence-corrected chi connectivity index (χ4v) is 4.88. The molecule has 3 heterocycles. The van der Waals surface area contributed by atoms with Gasteiger partial charge in [0.1, 0.15) is 17.6 Å². The van der Waals surface area contributed by atoms with Gasteiger partial charge in [-0.2, -0.15) is 10.2 Å². The van der Waals surface area contributed by atoms with E-state index in [4.69, 9.17) is 0 Å². The van der Waals surface area contributed by atoms with E-state index in [0.717, 1.165) is 25.7 Å². The fraction of sp³-hybridized carbons (Fsp3) is 0.480. The Morgan fingerprint density at radius 1 is 1.17 bits per heavy atom. The number of carbonyl (C=O) groups excluding carboxylic acids is 2. The second kappa shape index (κ2) is 9.71. The minimum Gasteiger partial charge on any atom is -0.339 e. The molecule has 11 heteroatoms. The number of nitrogens with zero attached hydrogens (tertiary/aromatic N) is 4. The molecule has 0 radical (unpaired) electrons. The van der Waals surface area contributed by atoms with Crippen molar-refractivity contribution in [3.8, 4) is 0 Å². The summed E-state index contributed by atoms with van der Waals surface area (Å²) in [5.41, 5.74) is 0.241. The zero-order valence-corrected chi connectivity index (χ0v) is 20.3. The molecule has 190 valence electrons. The number of hydrogen-bond acceptors (Lipinski definition) is 5. The Morgan fingerprint density at radius 2 is 1.89 bits per heavy atom. The zero-order valence-electron chi connectivity index (χ0n) is 20.3. The smallest absolute Gasteiger partial charge is 0.270 e. The average molecular weight is 496 g/mol. The van der Waals surface area contributed by atoms with Crippen molar-refractivity contribution in [2.24, 2.45) is 17.8 Å². The molecule has 2 fully saturated rings. The molecule has 2 aliphatic rings. The van der Waals surface area contributed by atoms with Crippen LogP contribution in [0.4, 0.5) is 10.1 Å². The summed E-state index contributed by atoms with van der Waals surface area (Å²) < 4.78 is 17.1. The van der Waals surface area contributed by atoms with Crippen LogP contribution < -0.4 is 16.2 Å². The van der Waals surface area contributed by atoms with E-state index in [-0.39, 0.29) is 35.9 Å². The minimum atomic E-state index is -0.703. The number of pyridine rings is 1. The number of hydrogen-bond donors (Lipinski definition) is 3. The van der Waals surface area contributed by atoms with Gasteiger partial charge in [0.15, 0.2) is 0 Å². The molecule has 0 bridgehead atoms. The van der Waals surface area contributed by atoms with Gasteiger partial charge in [-0.25, -0.2) is 4.39 Å². The van der Waals surface area contributed by atoms with Crippen molar-refractivity contribution in [2.45, 2.75) is 58.2 Å². The van der Waals surface area contributed by atoms with Crippen LogP contribution >= 0.6 is 0 Å². The fourth-order valence-electron chi connectivity index (χ4n) is 4.88. The number of nitrogens with one attached hydrogen (secondary N) is 3. The lowest BCUT2D eigenvalue weighted by Crippen LogP contribution is -2.50. The highest BCUT2D eigenvalue weighted by Gasteiger charge is 2.48. The molecule has 2 aliphatic carbocycles. The third kappa shape index (κ3) is 5.09. The first kappa shape index (κ1) is 24.0. The molecule has 36 heavy (non-hydrogen) atoms. The summed E-state index contributed by atoms with van der Waals surface area (Å²) in [6.07, 6.45) is 10.0. The molecule has 1 atom stereocenters. The number of H-pyrrole nitrogens is 1. The molecule has 0 aliphatic heterocycles. The van der Waals surface area contributed by atoms with E-state index in [9.17, 15) is 18.8 Å². The van der Waals surface area contributed by atoms with Gasteiger partial charge in [0.2, 0.25) is 5.91 Å². The largest absolute Gasteiger partial charge is 0.339 e. The van der Waals surface area contributed by atoms with E-state index in [1.165, 1.54) is 23.1 Å². The number of anilines is 1. The van der Waals surface area contributed by atoms with Gasteiger partial charge >= 0.3 is 0 Å². The van der Waals surface area contributed by atoms with E-state index < -0.39 is 17.4 Å². The van der Waals surface area contributed by atoms with Crippen LogP contribution in [0.15, 0.2) is 41.7 Å². The van der Waals surface area contributed by atoms with E-state index in [1.54, 1.807) is 23.1 Å². The molecule has 2 saturated carbocycles. The maximum Gasteiger partial charge on any atom is 0.270 e. The molecular weight excluding hydrogens is 465 g/mol. The van der Waals surface area contributed by atoms with Crippen LogP contribution in [0.25, 0.3) is 0 Å². The standard InChI is InChI=1S/C25H30FN7O3/c1-14(2)33-20(8-10-28-33)24(35)31-22(21(15-3-4-15)16-5-6-16)25(36)30-17-11-29-32(12-17)13-18-19(26)7-9-27-23(18)34/h7-12,14-16,21-22H,3-6,13H2,1-2H3,(H,27,34)(H,30,36)(H,31,35)/t22-/m0/s1. The van der Waals surface area contributed by atoms with Crippen LogP contribution in [0, 0.1) is 23.6 Å². The number of carbonyl (C=O) groups is 2. The lowest BCUT2D eigenvalue weighted by atomic mass is 9.88. The van der Waals surface area contributed by atoms with Crippen molar-refractivity contribution >= 4 is 17.5 Å². The first-order valence-electron chi connectivity index (χ1n) is 12.4. The second-order valence-electron chi connectivity index (χ2n) is 10.0. The summed E-state index contributed by atoms with van der Waals surface area (Å²) in [7, 11) is 0. The Kier molecular flexibility index (Phi) is 6.46. The lowest BCUT2D eigenvalue weighted by molar-refractivity contribution is -0.119. The van der Waals surface area contributed by atoms with Gasteiger partial charge in [0, 0.05) is 24.6 Å². The normalized spacial score (nSPS) is 16.4. The molecule has 0 saturated heterocycles. The third-order valence-corrected chi connectivity index (χ3v) is 6.91. The molecule has 0 aromatic carbocycles. The number of aromatic nitrogens is 5. The van der Waals surface area contributed by atoms with Gasteiger partial charge in [-0.05, 0) is 69.4 Å². The molecule has 0 spiro atoms. The molecule has 3 N–H and O–H groups in total. The summed E-state index contributed by atoms with van der Waals surface area (Å²) in [5, 5.41) is 14.3. The highest BCUT2D eigenvalue weighted by atomic mass is 19.1. The highest BCUT2D eigenvalue weighted by molar-refractivity contribution is 6.00. The van der Waals surface area contributed by atoms with Gasteiger partial charge in [-0.1, -0.05) is 0 Å². The van der Waals surface area contributed by atoms with Crippen molar-refractivity contribution in [1.82, 2.24) is 29.9 Å². The van der Waals surface area contributed by atoms with Gasteiger partial charge in [0.05, 0.1) is 24.0 Å². The molecule has 10 nitrogen and oxygen atoms in total. The van der Waals surface area contributed by atoms with Crippen LogP contribution in [-0.4, -0.2) is 42.4 Å².